The van der Waals surface area contributed by atoms with Gasteiger partial charge in [0.2, 0.25) is 5.75 Å². The molecule has 2 aliphatic rings. The van der Waals surface area contributed by atoms with Crippen LogP contribution < -0.4 is 19.5 Å². The van der Waals surface area contributed by atoms with Crippen LogP contribution in [0.25, 0.3) is 6.08 Å². The first-order valence-electron chi connectivity index (χ1n) is 8.78. The van der Waals surface area contributed by atoms with Crippen LogP contribution in [0.15, 0.2) is 46.3 Å². The molecule has 0 radical (unpaired) electrons. The van der Waals surface area contributed by atoms with Crippen LogP contribution in [-0.4, -0.2) is 31.4 Å². The van der Waals surface area contributed by atoms with Crippen LogP contribution in [0.4, 0.5) is 18.9 Å². The topological polar surface area (TPSA) is 69.2 Å². The first kappa shape index (κ1) is 20.1. The number of nitrogens with one attached hydrogen (secondary N) is 1. The summed E-state index contributed by atoms with van der Waals surface area (Å²) in [6.07, 6.45) is -2.85. The van der Waals surface area contributed by atoms with Gasteiger partial charge in [0.05, 0.1) is 23.3 Å². The lowest BCUT2D eigenvalue weighted by Gasteiger charge is -2.21. The van der Waals surface area contributed by atoms with Crippen molar-refractivity contribution in [3.05, 3.63) is 52.4 Å². The second-order valence-electron chi connectivity index (χ2n) is 6.28. The Labute approximate surface area is 173 Å². The quantitative estimate of drug-likeness (QED) is 0.724. The first-order valence-corrected chi connectivity index (χ1v) is 9.59. The molecule has 6 nitrogen and oxygen atoms in total. The highest BCUT2D eigenvalue weighted by Gasteiger charge is 2.31. The Balaban J connectivity index is 1.60. The fourth-order valence-corrected chi connectivity index (χ4v) is 3.72. The highest BCUT2D eigenvalue weighted by molar-refractivity contribution is 8.18. The number of halogens is 3. The fraction of sp³-hybridized carbons (Fsp3) is 0.200. The Kier molecular flexibility index (Phi) is 5.33. The van der Waals surface area contributed by atoms with Crippen molar-refractivity contribution in [2.75, 3.05) is 20.3 Å². The molecule has 1 N–H and O–H groups in total. The van der Waals surface area contributed by atoms with Crippen molar-refractivity contribution in [3.8, 4) is 17.2 Å². The van der Waals surface area contributed by atoms with Crippen LogP contribution in [0.1, 0.15) is 11.1 Å². The molecule has 0 atom stereocenters. The molecule has 2 aliphatic heterocycles. The molecule has 4 rings (SSSR count). The molecule has 0 unspecified atom stereocenters. The highest BCUT2D eigenvalue weighted by Crippen LogP contribution is 2.41. The van der Waals surface area contributed by atoms with E-state index in [4.69, 9.17) is 14.2 Å². The molecule has 0 aromatic heterocycles. The first-order chi connectivity index (χ1) is 14.3. The van der Waals surface area contributed by atoms with E-state index >= 15 is 0 Å². The number of alkyl halides is 3. The predicted molar refractivity (Wildman–Crippen MR) is 106 cm³/mol. The van der Waals surface area contributed by atoms with E-state index in [0.29, 0.717) is 40.9 Å². The molecule has 0 aliphatic carbocycles. The number of amides is 1. The molecular formula is C20H15F3N2O4S. The summed E-state index contributed by atoms with van der Waals surface area (Å²) in [5.41, 5.74) is -0.0678. The number of methoxy groups -OCH3 is 1. The molecule has 1 amide bonds. The molecule has 2 aromatic carbocycles. The van der Waals surface area contributed by atoms with Crippen LogP contribution in [0.2, 0.25) is 0 Å². The Morgan fingerprint density at radius 2 is 2.00 bits per heavy atom. The van der Waals surface area contributed by atoms with Crippen molar-refractivity contribution in [3.63, 3.8) is 0 Å². The molecule has 0 bridgehead atoms. The maximum absolute atomic E-state index is 12.9. The van der Waals surface area contributed by atoms with Gasteiger partial charge in [-0.3, -0.25) is 4.79 Å². The van der Waals surface area contributed by atoms with Gasteiger partial charge in [-0.05, 0) is 53.7 Å². The third kappa shape index (κ3) is 4.23. The number of thioether (sulfide) groups is 1. The zero-order valence-electron chi connectivity index (χ0n) is 15.6. The van der Waals surface area contributed by atoms with E-state index in [1.807, 2.05) is 0 Å². The average molecular weight is 436 g/mol. The number of amidine groups is 1. The Morgan fingerprint density at radius 1 is 1.20 bits per heavy atom. The lowest BCUT2D eigenvalue weighted by molar-refractivity contribution is -0.137. The van der Waals surface area contributed by atoms with Crippen molar-refractivity contribution in [1.82, 2.24) is 5.32 Å². The summed E-state index contributed by atoms with van der Waals surface area (Å²) >= 11 is 1.03. The number of carbonyl (C=O) groups is 1. The summed E-state index contributed by atoms with van der Waals surface area (Å²) < 4.78 is 55.1. The molecule has 30 heavy (non-hydrogen) atoms. The van der Waals surface area contributed by atoms with E-state index in [-0.39, 0.29) is 10.9 Å². The van der Waals surface area contributed by atoms with Gasteiger partial charge in [-0.15, -0.1) is 0 Å². The van der Waals surface area contributed by atoms with Gasteiger partial charge < -0.3 is 19.5 Å². The van der Waals surface area contributed by atoms with Crippen molar-refractivity contribution in [1.29, 1.82) is 0 Å². The smallest absolute Gasteiger partial charge is 0.416 e. The third-order valence-corrected chi connectivity index (χ3v) is 5.11. The Morgan fingerprint density at radius 3 is 2.77 bits per heavy atom. The van der Waals surface area contributed by atoms with Gasteiger partial charge >= 0.3 is 6.18 Å². The zero-order chi connectivity index (χ0) is 21.3. The molecule has 1 saturated heterocycles. The molecule has 0 saturated carbocycles. The van der Waals surface area contributed by atoms with Crippen LogP contribution in [0, 0.1) is 0 Å². The number of aliphatic imine (C=N–C) groups is 1. The van der Waals surface area contributed by atoms with Gasteiger partial charge in [0.25, 0.3) is 5.91 Å². The molecule has 156 valence electrons. The molecule has 2 heterocycles. The fourth-order valence-electron chi connectivity index (χ4n) is 2.88. The minimum absolute atomic E-state index is 0.0925. The monoisotopic (exact) mass is 436 g/mol. The Hall–Kier alpha value is -3.14. The number of benzene rings is 2. The van der Waals surface area contributed by atoms with Gasteiger partial charge in [-0.2, -0.15) is 13.2 Å². The molecule has 10 heteroatoms. The van der Waals surface area contributed by atoms with Crippen LogP contribution >= 0.6 is 11.8 Å². The number of carbonyl (C=O) groups excluding carboxylic acids is 1. The molecule has 2 aromatic rings. The average Bonchev–Trinajstić information content (AvgIpc) is 3.05. The van der Waals surface area contributed by atoms with E-state index < -0.39 is 17.6 Å². The molecule has 1 fully saturated rings. The summed E-state index contributed by atoms with van der Waals surface area (Å²) in [5.74, 6) is 1.08. The zero-order valence-corrected chi connectivity index (χ0v) is 16.4. The number of rotatable bonds is 3. The van der Waals surface area contributed by atoms with E-state index in [1.165, 1.54) is 19.2 Å². The summed E-state index contributed by atoms with van der Waals surface area (Å²) in [7, 11) is 1.50. The normalized spacial score (nSPS) is 18.6. The minimum atomic E-state index is -4.47. The van der Waals surface area contributed by atoms with Crippen molar-refractivity contribution in [2.45, 2.75) is 6.18 Å². The van der Waals surface area contributed by atoms with E-state index in [0.717, 1.165) is 23.9 Å². The van der Waals surface area contributed by atoms with Gasteiger partial charge in [0, 0.05) is 0 Å². The lowest BCUT2D eigenvalue weighted by Crippen LogP contribution is -2.19. The predicted octanol–water partition coefficient (Wildman–Crippen LogP) is 4.38. The maximum Gasteiger partial charge on any atom is 0.416 e. The van der Waals surface area contributed by atoms with E-state index in [2.05, 4.69) is 10.3 Å². The van der Waals surface area contributed by atoms with Crippen molar-refractivity contribution >= 4 is 34.6 Å². The maximum atomic E-state index is 12.9. The Bertz CT molecular complexity index is 1050. The molecular weight excluding hydrogens is 421 g/mol. The number of ether oxygens (including phenoxy) is 3. The standard InChI is InChI=1S/C20H15F3N2O4S/c1-27-14-7-11(8-15-17(14)29-6-5-28-15)9-16-18(26)25-19(30-16)24-13-4-2-3-12(10-13)20(21,22)23/h2-4,7-10H,5-6H2,1H3,(H,24,25,26). The van der Waals surface area contributed by atoms with Crippen LogP contribution in [0.5, 0.6) is 17.2 Å². The summed E-state index contributed by atoms with van der Waals surface area (Å²) in [6, 6.07) is 8.01. The van der Waals surface area contributed by atoms with E-state index in [1.54, 1.807) is 18.2 Å². The van der Waals surface area contributed by atoms with E-state index in [9.17, 15) is 18.0 Å². The van der Waals surface area contributed by atoms with Gasteiger partial charge in [-0.25, -0.2) is 4.99 Å². The van der Waals surface area contributed by atoms with Crippen molar-refractivity contribution in [2.24, 2.45) is 4.99 Å². The summed E-state index contributed by atoms with van der Waals surface area (Å²) in [4.78, 5) is 16.7. The lowest BCUT2D eigenvalue weighted by atomic mass is 10.1. The molecule has 0 spiro atoms. The van der Waals surface area contributed by atoms with Gasteiger partial charge in [0.15, 0.2) is 16.7 Å². The van der Waals surface area contributed by atoms with Crippen LogP contribution in [-0.2, 0) is 11.0 Å². The number of hydrogen-bond donors (Lipinski definition) is 1. The SMILES string of the molecule is COc1cc(C=C2SC(=Nc3cccc(C(F)(F)F)c3)NC2=O)cc2c1OCCO2. The number of fused-ring (bicyclic) bond motifs is 1. The number of hydrogen-bond acceptors (Lipinski definition) is 6. The summed E-state index contributed by atoms with van der Waals surface area (Å²) in [5, 5.41) is 2.75. The van der Waals surface area contributed by atoms with Gasteiger partial charge in [0.1, 0.15) is 13.2 Å². The van der Waals surface area contributed by atoms with Gasteiger partial charge in [-0.1, -0.05) is 6.07 Å². The minimum Gasteiger partial charge on any atom is -0.493 e. The third-order valence-electron chi connectivity index (χ3n) is 4.20. The second-order valence-corrected chi connectivity index (χ2v) is 7.31. The second kappa shape index (κ2) is 7.94. The summed E-state index contributed by atoms with van der Waals surface area (Å²) in [6.45, 7) is 0.816. The number of nitrogens with zero attached hydrogens (tertiary/aromatic N) is 1. The van der Waals surface area contributed by atoms with Crippen molar-refractivity contribution < 1.29 is 32.2 Å². The highest BCUT2D eigenvalue weighted by atomic mass is 32.2. The van der Waals surface area contributed by atoms with Crippen LogP contribution in [0.3, 0.4) is 0 Å². The largest absolute Gasteiger partial charge is 0.493 e.